The van der Waals surface area contributed by atoms with E-state index in [1.54, 1.807) is 32.3 Å². The molecule has 0 unspecified atom stereocenters. The number of aromatic nitrogens is 2. The molecule has 8 heteroatoms. The van der Waals surface area contributed by atoms with Gasteiger partial charge >= 0.3 is 17.7 Å². The summed E-state index contributed by atoms with van der Waals surface area (Å²) in [5.41, 5.74) is 1.73. The summed E-state index contributed by atoms with van der Waals surface area (Å²) in [6, 6.07) is 4.38. The summed E-state index contributed by atoms with van der Waals surface area (Å²) in [6.45, 7) is -0.460. The Kier molecular flexibility index (Phi) is 3.47. The molecule has 0 aliphatic carbocycles. The summed E-state index contributed by atoms with van der Waals surface area (Å²) >= 11 is 0. The number of carbonyl (C=O) groups excluding carboxylic acids is 1. The van der Waals surface area contributed by atoms with Crippen LogP contribution in [0.4, 0.5) is 10.5 Å². The average Bonchev–Trinajstić information content (AvgIpc) is 2.62. The number of rotatable bonds is 3. The van der Waals surface area contributed by atoms with Crippen molar-refractivity contribution in [3.05, 3.63) is 28.7 Å². The van der Waals surface area contributed by atoms with Crippen LogP contribution in [0.15, 0.2) is 23.0 Å². The van der Waals surface area contributed by atoms with Crippen LogP contribution in [0.1, 0.15) is 0 Å². The van der Waals surface area contributed by atoms with Crippen LogP contribution < -0.4 is 16.3 Å². The van der Waals surface area contributed by atoms with Crippen molar-refractivity contribution in [1.29, 1.82) is 0 Å². The summed E-state index contributed by atoms with van der Waals surface area (Å²) in [4.78, 5) is 33.5. The van der Waals surface area contributed by atoms with Crippen molar-refractivity contribution in [3.8, 4) is 0 Å². The molecular weight excluding hydrogens is 264 g/mol. The number of anilines is 1. The Morgan fingerprint density at radius 2 is 1.85 bits per heavy atom. The Labute approximate surface area is 113 Å². The van der Waals surface area contributed by atoms with Crippen molar-refractivity contribution < 1.29 is 14.7 Å². The Hall–Kier alpha value is -2.77. The van der Waals surface area contributed by atoms with Crippen molar-refractivity contribution in [2.24, 2.45) is 14.1 Å². The fourth-order valence-electron chi connectivity index (χ4n) is 1.92. The first kappa shape index (κ1) is 13.7. The van der Waals surface area contributed by atoms with E-state index in [9.17, 15) is 14.4 Å². The molecule has 0 bridgehead atoms. The van der Waals surface area contributed by atoms with Crippen LogP contribution in [0.3, 0.4) is 0 Å². The van der Waals surface area contributed by atoms with Gasteiger partial charge in [-0.1, -0.05) is 0 Å². The molecule has 0 aliphatic rings. The van der Waals surface area contributed by atoms with Crippen molar-refractivity contribution in [2.75, 3.05) is 11.9 Å². The number of amides is 2. The number of carboxylic acid groups (broad SMARTS) is 1. The third kappa shape index (κ3) is 2.48. The van der Waals surface area contributed by atoms with Gasteiger partial charge < -0.3 is 15.7 Å². The second-order valence-electron chi connectivity index (χ2n) is 4.31. The van der Waals surface area contributed by atoms with Gasteiger partial charge in [-0.3, -0.25) is 13.9 Å². The summed E-state index contributed by atoms with van der Waals surface area (Å²) in [5.74, 6) is -1.12. The molecule has 0 radical (unpaired) electrons. The maximum Gasteiger partial charge on any atom is 0.328 e. The molecule has 2 rings (SSSR count). The highest BCUT2D eigenvalue weighted by atomic mass is 16.4. The lowest BCUT2D eigenvalue weighted by molar-refractivity contribution is -0.135. The number of carboxylic acids is 1. The highest BCUT2D eigenvalue weighted by Crippen LogP contribution is 2.17. The number of aliphatic carboxylic acids is 1. The zero-order valence-electron chi connectivity index (χ0n) is 11.0. The molecule has 0 aliphatic heterocycles. The number of urea groups is 1. The first-order valence-corrected chi connectivity index (χ1v) is 5.82. The average molecular weight is 278 g/mol. The highest BCUT2D eigenvalue weighted by Gasteiger charge is 2.09. The van der Waals surface area contributed by atoms with E-state index in [2.05, 4.69) is 10.6 Å². The number of aryl methyl sites for hydroxylation is 2. The minimum atomic E-state index is -1.12. The van der Waals surface area contributed by atoms with Gasteiger partial charge in [0.05, 0.1) is 11.0 Å². The first-order chi connectivity index (χ1) is 9.40. The van der Waals surface area contributed by atoms with Crippen LogP contribution in [-0.2, 0) is 18.9 Å². The molecule has 0 fully saturated rings. The van der Waals surface area contributed by atoms with Gasteiger partial charge in [0.1, 0.15) is 6.54 Å². The van der Waals surface area contributed by atoms with E-state index in [1.165, 1.54) is 9.13 Å². The number of benzene rings is 1. The molecule has 106 valence electrons. The van der Waals surface area contributed by atoms with Gasteiger partial charge in [-0.25, -0.2) is 9.59 Å². The Bertz CT molecular complexity index is 744. The van der Waals surface area contributed by atoms with Crippen molar-refractivity contribution in [1.82, 2.24) is 14.5 Å². The lowest BCUT2D eigenvalue weighted by atomic mass is 10.2. The van der Waals surface area contributed by atoms with Gasteiger partial charge in [0.2, 0.25) is 0 Å². The van der Waals surface area contributed by atoms with Gasteiger partial charge in [0.15, 0.2) is 0 Å². The van der Waals surface area contributed by atoms with Gasteiger partial charge in [-0.2, -0.15) is 0 Å². The topological polar surface area (TPSA) is 105 Å². The van der Waals surface area contributed by atoms with Crippen LogP contribution >= 0.6 is 0 Å². The summed E-state index contributed by atoms with van der Waals surface area (Å²) in [5, 5.41) is 13.2. The third-order valence-electron chi connectivity index (χ3n) is 2.93. The number of imidazole rings is 1. The number of fused-ring (bicyclic) bond motifs is 1. The SMILES string of the molecule is Cn1c(=O)n(C)c2cc(NC(=O)NCC(=O)O)ccc21. The van der Waals surface area contributed by atoms with E-state index >= 15 is 0 Å². The van der Waals surface area contributed by atoms with E-state index in [4.69, 9.17) is 5.11 Å². The summed E-state index contributed by atoms with van der Waals surface area (Å²) in [6.07, 6.45) is 0. The largest absolute Gasteiger partial charge is 0.480 e. The minimum Gasteiger partial charge on any atom is -0.480 e. The Morgan fingerprint density at radius 1 is 1.20 bits per heavy atom. The lowest BCUT2D eigenvalue weighted by Gasteiger charge is -2.06. The summed E-state index contributed by atoms with van der Waals surface area (Å²) < 4.78 is 2.97. The van der Waals surface area contributed by atoms with E-state index < -0.39 is 18.5 Å². The van der Waals surface area contributed by atoms with Crippen LogP contribution in [0.2, 0.25) is 0 Å². The van der Waals surface area contributed by atoms with Crippen molar-refractivity contribution in [2.45, 2.75) is 0 Å². The van der Waals surface area contributed by atoms with Crippen molar-refractivity contribution >= 4 is 28.7 Å². The molecule has 1 aromatic heterocycles. The molecule has 1 aromatic carbocycles. The van der Waals surface area contributed by atoms with E-state index in [0.717, 1.165) is 5.52 Å². The standard InChI is InChI=1S/C12H14N4O4/c1-15-8-4-3-7(5-9(8)16(2)12(15)20)14-11(19)13-6-10(17)18/h3-5H,6H2,1-2H3,(H,17,18)(H2,13,14,19). The van der Waals surface area contributed by atoms with Gasteiger partial charge in [-0.05, 0) is 18.2 Å². The second-order valence-corrected chi connectivity index (χ2v) is 4.31. The molecule has 0 spiro atoms. The van der Waals surface area contributed by atoms with Crippen LogP contribution in [-0.4, -0.2) is 32.8 Å². The van der Waals surface area contributed by atoms with Crippen molar-refractivity contribution in [3.63, 3.8) is 0 Å². The van der Waals surface area contributed by atoms with E-state index in [1.807, 2.05) is 0 Å². The third-order valence-corrected chi connectivity index (χ3v) is 2.93. The minimum absolute atomic E-state index is 0.160. The van der Waals surface area contributed by atoms with Crippen LogP contribution in [0.5, 0.6) is 0 Å². The predicted octanol–water partition coefficient (Wildman–Crippen LogP) is 0.0831. The van der Waals surface area contributed by atoms with E-state index in [-0.39, 0.29) is 5.69 Å². The van der Waals surface area contributed by atoms with Gasteiger partial charge in [0.25, 0.3) is 0 Å². The number of nitrogens with one attached hydrogen (secondary N) is 2. The smallest absolute Gasteiger partial charge is 0.328 e. The molecule has 2 amide bonds. The number of carbonyl (C=O) groups is 2. The highest BCUT2D eigenvalue weighted by molar-refractivity contribution is 5.93. The molecular formula is C12H14N4O4. The Balaban J connectivity index is 2.24. The molecule has 0 saturated heterocycles. The zero-order chi connectivity index (χ0) is 14.9. The monoisotopic (exact) mass is 278 g/mol. The fourth-order valence-corrected chi connectivity index (χ4v) is 1.92. The lowest BCUT2D eigenvalue weighted by Crippen LogP contribution is -2.33. The predicted molar refractivity (Wildman–Crippen MR) is 72.8 cm³/mol. The zero-order valence-corrected chi connectivity index (χ0v) is 11.0. The van der Waals surface area contributed by atoms with E-state index in [0.29, 0.717) is 11.2 Å². The molecule has 20 heavy (non-hydrogen) atoms. The maximum absolute atomic E-state index is 11.8. The molecule has 3 N–H and O–H groups in total. The maximum atomic E-state index is 11.8. The molecule has 0 saturated carbocycles. The van der Waals surface area contributed by atoms with Crippen LogP contribution in [0, 0.1) is 0 Å². The van der Waals surface area contributed by atoms with Gasteiger partial charge in [0, 0.05) is 19.8 Å². The summed E-state index contributed by atoms with van der Waals surface area (Å²) in [7, 11) is 3.30. The first-order valence-electron chi connectivity index (χ1n) is 5.82. The quantitative estimate of drug-likeness (QED) is 0.739. The second kappa shape index (κ2) is 5.08. The molecule has 2 aromatic rings. The number of hydrogen-bond donors (Lipinski definition) is 3. The molecule has 1 heterocycles. The van der Waals surface area contributed by atoms with Gasteiger partial charge in [-0.15, -0.1) is 0 Å². The number of nitrogens with zero attached hydrogens (tertiary/aromatic N) is 2. The number of hydrogen-bond acceptors (Lipinski definition) is 3. The Morgan fingerprint density at radius 3 is 2.50 bits per heavy atom. The molecule has 8 nitrogen and oxygen atoms in total. The fraction of sp³-hybridized carbons (Fsp3) is 0.250. The molecule has 0 atom stereocenters. The normalized spacial score (nSPS) is 10.5. The van der Waals surface area contributed by atoms with Crippen LogP contribution in [0.25, 0.3) is 11.0 Å².